The molecule has 50 heavy (non-hydrogen) atoms. The molecule has 4 heterocycles. The molecule has 2 aromatic heterocycles. The lowest BCUT2D eigenvalue weighted by Crippen LogP contribution is -2.49. The predicted octanol–water partition coefficient (Wildman–Crippen LogP) is 3.36. The van der Waals surface area contributed by atoms with Gasteiger partial charge in [-0.25, -0.2) is 19.3 Å². The zero-order valence-corrected chi connectivity index (χ0v) is 27.8. The van der Waals surface area contributed by atoms with E-state index in [4.69, 9.17) is 15.5 Å². The number of aromatic nitrogens is 3. The van der Waals surface area contributed by atoms with Crippen molar-refractivity contribution in [3.8, 4) is 11.1 Å². The second-order valence-corrected chi connectivity index (χ2v) is 12.9. The third kappa shape index (κ3) is 6.91. The van der Waals surface area contributed by atoms with Crippen LogP contribution in [0.4, 0.5) is 23.2 Å². The van der Waals surface area contributed by atoms with E-state index >= 15 is 4.39 Å². The van der Waals surface area contributed by atoms with Crippen LogP contribution in [0.1, 0.15) is 77.4 Å². The van der Waals surface area contributed by atoms with Gasteiger partial charge in [0.2, 0.25) is 0 Å². The van der Waals surface area contributed by atoms with Crippen LogP contribution in [0.25, 0.3) is 11.1 Å². The molecule has 1 aromatic carbocycles. The third-order valence-electron chi connectivity index (χ3n) is 9.39. The Kier molecular flexibility index (Phi) is 9.63. The van der Waals surface area contributed by atoms with Gasteiger partial charge in [0.1, 0.15) is 22.9 Å². The summed E-state index contributed by atoms with van der Waals surface area (Å²) in [6.45, 7) is 5.09. The maximum Gasteiger partial charge on any atom is 0.433 e. The van der Waals surface area contributed by atoms with Crippen LogP contribution in [-0.2, 0) is 27.0 Å². The van der Waals surface area contributed by atoms with Crippen LogP contribution in [0.2, 0.25) is 0 Å². The number of nitrogens with two attached hydrogens (primary N) is 1. The second-order valence-electron chi connectivity index (χ2n) is 12.9. The Labute approximate surface area is 285 Å². The number of anilines is 1. The molecule has 1 atom stereocenters. The lowest BCUT2D eigenvalue weighted by molar-refractivity contribution is -0.141. The number of aliphatic hydroxyl groups is 1. The molecule has 16 heteroatoms. The number of rotatable bonds is 11. The summed E-state index contributed by atoms with van der Waals surface area (Å²) in [4.78, 5) is 44.3. The number of aliphatic hydroxyl groups excluding tert-OH is 1. The van der Waals surface area contributed by atoms with Gasteiger partial charge < -0.3 is 31.1 Å². The van der Waals surface area contributed by atoms with Gasteiger partial charge in [-0.3, -0.25) is 14.6 Å². The first-order chi connectivity index (χ1) is 23.7. The smallest absolute Gasteiger partial charge is 0.383 e. The van der Waals surface area contributed by atoms with Crippen LogP contribution >= 0.6 is 0 Å². The Morgan fingerprint density at radius 3 is 2.44 bits per heavy atom. The number of piperidine rings is 1. The van der Waals surface area contributed by atoms with Gasteiger partial charge in [0.25, 0.3) is 11.8 Å². The molecular weight excluding hydrogens is 660 g/mol. The molecular formula is C34H38F4N8O4. The van der Waals surface area contributed by atoms with E-state index in [2.05, 4.69) is 25.6 Å². The summed E-state index contributed by atoms with van der Waals surface area (Å²) in [5.74, 6) is -1.86. The van der Waals surface area contributed by atoms with Crippen molar-refractivity contribution in [2.45, 2.75) is 69.8 Å². The number of ether oxygens (including phenoxy) is 1. The number of aliphatic imine (C=N–C) groups is 1. The number of amidine groups is 1. The Balaban J connectivity index is 1.31. The number of carbonyl (C=O) groups excluding carboxylic acids is 2. The maximum atomic E-state index is 16.0. The van der Waals surface area contributed by atoms with Gasteiger partial charge in [0, 0.05) is 73.0 Å². The van der Waals surface area contributed by atoms with E-state index in [-0.39, 0.29) is 48.6 Å². The number of methoxy groups -OCH3 is 1. The topological polar surface area (TPSA) is 168 Å². The minimum absolute atomic E-state index is 0.120. The number of hydrogen-bond acceptors (Lipinski definition) is 10. The highest BCUT2D eigenvalue weighted by Gasteiger charge is 2.47. The van der Waals surface area contributed by atoms with Gasteiger partial charge >= 0.3 is 6.18 Å². The van der Waals surface area contributed by atoms with E-state index in [0.717, 1.165) is 6.07 Å². The van der Waals surface area contributed by atoms with E-state index in [1.165, 1.54) is 12.1 Å². The molecule has 2 aliphatic heterocycles. The van der Waals surface area contributed by atoms with Crippen LogP contribution in [0.5, 0.6) is 0 Å². The molecule has 5 N–H and O–H groups in total. The Hall–Kier alpha value is -4.54. The molecule has 266 valence electrons. The van der Waals surface area contributed by atoms with Crippen LogP contribution in [0.3, 0.4) is 0 Å². The van der Waals surface area contributed by atoms with Gasteiger partial charge in [-0.05, 0) is 69.4 Å². The van der Waals surface area contributed by atoms with Crippen LogP contribution in [0.15, 0.2) is 29.3 Å². The zero-order valence-electron chi connectivity index (χ0n) is 27.8. The molecule has 2 amide bonds. The van der Waals surface area contributed by atoms with Gasteiger partial charge in [0.05, 0.1) is 12.3 Å². The van der Waals surface area contributed by atoms with Crippen molar-refractivity contribution in [2.24, 2.45) is 10.7 Å². The molecule has 3 aromatic rings. The fourth-order valence-electron chi connectivity index (χ4n) is 6.62. The number of amides is 2. The predicted molar refractivity (Wildman–Crippen MR) is 175 cm³/mol. The van der Waals surface area contributed by atoms with Gasteiger partial charge in [-0.15, -0.1) is 0 Å². The van der Waals surface area contributed by atoms with Crippen molar-refractivity contribution >= 4 is 23.3 Å². The molecule has 1 saturated carbocycles. The quantitative estimate of drug-likeness (QED) is 0.173. The number of primary amides is 1. The number of alkyl halides is 3. The molecule has 1 aliphatic carbocycles. The molecule has 12 nitrogen and oxygen atoms in total. The monoisotopic (exact) mass is 698 g/mol. The number of benzene rings is 1. The van der Waals surface area contributed by atoms with Crippen molar-refractivity contribution < 1.29 is 37.0 Å². The first-order valence-corrected chi connectivity index (χ1v) is 16.3. The van der Waals surface area contributed by atoms with Crippen LogP contribution < -0.4 is 21.3 Å². The van der Waals surface area contributed by atoms with Crippen LogP contribution in [-0.4, -0.2) is 76.6 Å². The van der Waals surface area contributed by atoms with Crippen molar-refractivity contribution in [2.75, 3.05) is 38.3 Å². The highest BCUT2D eigenvalue weighted by Crippen LogP contribution is 2.43. The Morgan fingerprint density at radius 1 is 1.16 bits per heavy atom. The summed E-state index contributed by atoms with van der Waals surface area (Å²) in [7, 11) is 1.57. The minimum Gasteiger partial charge on any atom is -0.383 e. The molecule has 6 rings (SSSR count). The van der Waals surface area contributed by atoms with Crippen molar-refractivity contribution in [3.63, 3.8) is 0 Å². The summed E-state index contributed by atoms with van der Waals surface area (Å²) < 4.78 is 61.5. The van der Waals surface area contributed by atoms with E-state index in [0.29, 0.717) is 78.4 Å². The van der Waals surface area contributed by atoms with E-state index in [1.807, 2.05) is 11.0 Å². The molecule has 0 bridgehead atoms. The number of nitrogens with zero attached hydrogens (tertiary/aromatic N) is 5. The molecule has 1 saturated heterocycles. The molecule has 1 spiro atoms. The average molecular weight is 699 g/mol. The fraction of sp³-hybridized carbons (Fsp3) is 0.471. The van der Waals surface area contributed by atoms with Gasteiger partial charge in [-0.2, -0.15) is 13.2 Å². The minimum atomic E-state index is -4.59. The van der Waals surface area contributed by atoms with Gasteiger partial charge in [-0.1, -0.05) is 0 Å². The van der Waals surface area contributed by atoms with Gasteiger partial charge in [0.15, 0.2) is 11.9 Å². The lowest BCUT2D eigenvalue weighted by atomic mass is 9.87. The maximum absolute atomic E-state index is 16.0. The second kappa shape index (κ2) is 13.6. The third-order valence-corrected chi connectivity index (χ3v) is 9.39. The number of halogens is 4. The van der Waals surface area contributed by atoms with Crippen molar-refractivity contribution in [1.29, 1.82) is 0 Å². The highest BCUT2D eigenvalue weighted by molar-refractivity contribution is 6.16. The standard InChI is InChI=1S/C34H38F4N8O4/c1-17-26(18(2)42-31(41-17)28(47)29(39)48)20-14-23(35)22(16-40-10-13-50-3)24(15-20)46-11-8-33(9-12-46)32(49)44-30(45-33)21-6-7-25(34(36,37)38)43-27(21)19-4-5-19/h6-7,14-15,19,28,40,47H,4-5,8-13,16H2,1-3H3,(H2,39,48)(H,44,45,49). The number of nitrogens with one attached hydrogen (secondary N) is 2. The summed E-state index contributed by atoms with van der Waals surface area (Å²) in [5, 5.41) is 16.1. The molecule has 3 aliphatic rings. The Morgan fingerprint density at radius 2 is 1.84 bits per heavy atom. The van der Waals surface area contributed by atoms with Crippen LogP contribution in [0, 0.1) is 19.7 Å². The number of aryl methyl sites for hydroxylation is 2. The molecule has 0 radical (unpaired) electrons. The van der Waals surface area contributed by atoms with E-state index in [9.17, 15) is 27.9 Å². The lowest BCUT2D eigenvalue weighted by Gasteiger charge is -2.38. The van der Waals surface area contributed by atoms with Crippen molar-refractivity contribution in [3.05, 3.63) is 69.8 Å². The summed E-state index contributed by atoms with van der Waals surface area (Å²) in [5.41, 5.74) is 6.63. The number of pyridine rings is 1. The van der Waals surface area contributed by atoms with E-state index < -0.39 is 35.2 Å². The van der Waals surface area contributed by atoms with Crippen molar-refractivity contribution in [1.82, 2.24) is 25.6 Å². The fourth-order valence-corrected chi connectivity index (χ4v) is 6.62. The summed E-state index contributed by atoms with van der Waals surface area (Å²) >= 11 is 0. The molecule has 2 fully saturated rings. The zero-order chi connectivity index (χ0) is 36.0. The highest BCUT2D eigenvalue weighted by atomic mass is 19.4. The number of hydrogen-bond donors (Lipinski definition) is 4. The first-order valence-electron chi connectivity index (χ1n) is 16.3. The summed E-state index contributed by atoms with van der Waals surface area (Å²) in [6.07, 6.45) is -4.30. The first kappa shape index (κ1) is 35.3. The molecule has 1 unspecified atom stereocenters. The van der Waals surface area contributed by atoms with E-state index in [1.54, 1.807) is 21.0 Å². The number of carbonyl (C=O) groups is 2. The summed E-state index contributed by atoms with van der Waals surface area (Å²) in [6, 6.07) is 5.47. The largest absolute Gasteiger partial charge is 0.433 e. The average Bonchev–Trinajstić information content (AvgIpc) is 3.87. The SMILES string of the molecule is COCCNCc1c(F)cc(-c2c(C)nc(C(O)C(N)=O)nc2C)cc1N1CCC2(CC1)N=C(c1ccc(C(F)(F)F)nc1C1CC1)NC2=O. The Bertz CT molecular complexity index is 1830. The normalized spacial score (nSPS) is 18.0.